The van der Waals surface area contributed by atoms with Gasteiger partial charge in [0.05, 0.1) is 23.0 Å². The lowest BCUT2D eigenvalue weighted by Gasteiger charge is -2.12. The van der Waals surface area contributed by atoms with Crippen molar-refractivity contribution in [3.05, 3.63) is 54.1 Å². The van der Waals surface area contributed by atoms with Crippen LogP contribution in [-0.2, 0) is 0 Å². The van der Waals surface area contributed by atoms with E-state index in [4.69, 9.17) is 0 Å². The molecule has 0 fully saturated rings. The predicted molar refractivity (Wildman–Crippen MR) is 59.6 cm³/mol. The van der Waals surface area contributed by atoms with Gasteiger partial charge >= 0.3 is 0 Å². The first-order chi connectivity index (χ1) is 8.29. The van der Waals surface area contributed by atoms with Crippen LogP contribution in [0.2, 0.25) is 0 Å². The van der Waals surface area contributed by atoms with Gasteiger partial charge in [0.15, 0.2) is 0 Å². The van der Waals surface area contributed by atoms with Crippen LogP contribution in [0.3, 0.4) is 0 Å². The van der Waals surface area contributed by atoms with Crippen molar-refractivity contribution in [3.8, 4) is 0 Å². The smallest absolute Gasteiger partial charge is 0.267 e. The number of imide groups is 1. The highest BCUT2D eigenvalue weighted by atomic mass is 16.2. The van der Waals surface area contributed by atoms with Gasteiger partial charge in [0.2, 0.25) is 0 Å². The van der Waals surface area contributed by atoms with E-state index in [1.807, 2.05) is 0 Å². The molecule has 1 aliphatic rings. The first-order valence-electron chi connectivity index (χ1n) is 5.02. The Kier molecular flexibility index (Phi) is 1.98. The van der Waals surface area contributed by atoms with E-state index < -0.39 is 0 Å². The lowest BCUT2D eigenvalue weighted by atomic mass is 10.2. The molecular weight excluding hydrogens is 218 g/mol. The van der Waals surface area contributed by atoms with E-state index in [-0.39, 0.29) is 11.8 Å². The molecule has 2 amide bonds. The zero-order valence-electron chi connectivity index (χ0n) is 8.70. The fraction of sp³-hybridized carbons (Fsp3) is 0. The molecule has 0 bridgehead atoms. The van der Waals surface area contributed by atoms with Crippen LogP contribution in [0.15, 0.2) is 43.0 Å². The lowest BCUT2D eigenvalue weighted by Crippen LogP contribution is -2.29. The minimum atomic E-state index is -0.355. The monoisotopic (exact) mass is 225 g/mol. The molecule has 3 heterocycles. The molecule has 0 radical (unpaired) electrons. The molecule has 17 heavy (non-hydrogen) atoms. The summed E-state index contributed by atoms with van der Waals surface area (Å²) in [5.41, 5.74) is 1.19. The van der Waals surface area contributed by atoms with Crippen LogP contribution in [-0.4, -0.2) is 21.8 Å². The molecule has 1 aliphatic heterocycles. The summed E-state index contributed by atoms with van der Waals surface area (Å²) in [6.07, 6.45) is 5.97. The maximum absolute atomic E-state index is 12.1. The first kappa shape index (κ1) is 9.65. The van der Waals surface area contributed by atoms with Crippen LogP contribution in [0.5, 0.6) is 0 Å². The predicted octanol–water partition coefficient (Wildman–Crippen LogP) is 1.28. The SMILES string of the molecule is O=C1c2ccncc2C(=O)N1c1cccnc1. The molecule has 0 atom stereocenters. The zero-order valence-corrected chi connectivity index (χ0v) is 8.70. The number of pyridine rings is 2. The van der Waals surface area contributed by atoms with E-state index in [0.717, 1.165) is 4.90 Å². The van der Waals surface area contributed by atoms with Crippen molar-refractivity contribution in [2.75, 3.05) is 4.90 Å². The third-order valence-corrected chi connectivity index (χ3v) is 2.59. The van der Waals surface area contributed by atoms with Gasteiger partial charge in [-0.1, -0.05) is 0 Å². The zero-order chi connectivity index (χ0) is 11.8. The molecule has 0 aromatic carbocycles. The highest BCUT2D eigenvalue weighted by Gasteiger charge is 2.36. The number of nitrogens with zero attached hydrogens (tertiary/aromatic N) is 3. The number of rotatable bonds is 1. The summed E-state index contributed by atoms with van der Waals surface area (Å²) < 4.78 is 0. The largest absolute Gasteiger partial charge is 0.268 e. The molecule has 5 nitrogen and oxygen atoms in total. The molecule has 0 aliphatic carbocycles. The number of hydrogen-bond acceptors (Lipinski definition) is 4. The second kappa shape index (κ2) is 3.48. The van der Waals surface area contributed by atoms with Crippen molar-refractivity contribution >= 4 is 17.5 Å². The van der Waals surface area contributed by atoms with Gasteiger partial charge in [-0.25, -0.2) is 4.90 Å². The topological polar surface area (TPSA) is 63.2 Å². The summed E-state index contributed by atoms with van der Waals surface area (Å²) in [5, 5.41) is 0. The summed E-state index contributed by atoms with van der Waals surface area (Å²) in [6, 6.07) is 4.89. The fourth-order valence-corrected chi connectivity index (χ4v) is 1.81. The van der Waals surface area contributed by atoms with Crippen LogP contribution in [0.25, 0.3) is 0 Å². The van der Waals surface area contributed by atoms with Gasteiger partial charge in [0.1, 0.15) is 0 Å². The van der Waals surface area contributed by atoms with Gasteiger partial charge in [-0.3, -0.25) is 19.6 Å². The Hall–Kier alpha value is -2.56. The molecule has 0 saturated carbocycles. The molecule has 0 N–H and O–H groups in total. The highest BCUT2D eigenvalue weighted by molar-refractivity contribution is 6.34. The van der Waals surface area contributed by atoms with Crippen LogP contribution in [0, 0.1) is 0 Å². The quantitative estimate of drug-likeness (QED) is 0.686. The number of carbonyl (C=O) groups is 2. The Morgan fingerprint density at radius 2 is 1.65 bits per heavy atom. The van der Waals surface area contributed by atoms with Gasteiger partial charge < -0.3 is 0 Å². The van der Waals surface area contributed by atoms with E-state index in [0.29, 0.717) is 16.8 Å². The Morgan fingerprint density at radius 3 is 2.35 bits per heavy atom. The average Bonchev–Trinajstić information content (AvgIpc) is 2.64. The summed E-state index contributed by atoms with van der Waals surface area (Å²) >= 11 is 0. The Labute approximate surface area is 96.7 Å². The van der Waals surface area contributed by atoms with Gasteiger partial charge in [-0.2, -0.15) is 0 Å². The minimum absolute atomic E-state index is 0.333. The van der Waals surface area contributed by atoms with Gasteiger partial charge in [0.25, 0.3) is 11.8 Å². The normalized spacial score (nSPS) is 14.0. The molecule has 3 rings (SSSR count). The molecule has 0 saturated heterocycles. The summed E-state index contributed by atoms with van der Waals surface area (Å²) in [4.78, 5) is 33.0. The van der Waals surface area contributed by atoms with E-state index in [9.17, 15) is 9.59 Å². The summed E-state index contributed by atoms with van der Waals surface area (Å²) in [7, 11) is 0. The lowest BCUT2D eigenvalue weighted by molar-refractivity contribution is 0.0926. The van der Waals surface area contributed by atoms with Crippen molar-refractivity contribution in [2.24, 2.45) is 0 Å². The van der Waals surface area contributed by atoms with Crippen molar-refractivity contribution in [3.63, 3.8) is 0 Å². The molecule has 0 spiro atoms. The second-order valence-electron chi connectivity index (χ2n) is 3.58. The van der Waals surface area contributed by atoms with Gasteiger partial charge in [-0.15, -0.1) is 0 Å². The number of fused-ring (bicyclic) bond motifs is 1. The van der Waals surface area contributed by atoms with E-state index in [1.165, 1.54) is 18.6 Å². The Morgan fingerprint density at radius 1 is 0.882 bits per heavy atom. The molecule has 2 aromatic rings. The Balaban J connectivity index is 2.13. The van der Waals surface area contributed by atoms with Crippen molar-refractivity contribution in [2.45, 2.75) is 0 Å². The van der Waals surface area contributed by atoms with E-state index >= 15 is 0 Å². The number of anilines is 1. The second-order valence-corrected chi connectivity index (χ2v) is 3.58. The third-order valence-electron chi connectivity index (χ3n) is 2.59. The van der Waals surface area contributed by atoms with Gasteiger partial charge in [0, 0.05) is 18.6 Å². The van der Waals surface area contributed by atoms with Crippen LogP contribution in [0.1, 0.15) is 20.7 Å². The summed E-state index contributed by atoms with van der Waals surface area (Å²) in [6.45, 7) is 0. The first-order valence-corrected chi connectivity index (χ1v) is 5.02. The molecular formula is C12H7N3O2. The van der Waals surface area contributed by atoms with E-state index in [1.54, 1.807) is 24.4 Å². The number of hydrogen-bond donors (Lipinski definition) is 0. The number of aromatic nitrogens is 2. The number of carbonyl (C=O) groups excluding carboxylic acids is 2. The maximum Gasteiger partial charge on any atom is 0.267 e. The van der Waals surface area contributed by atoms with Gasteiger partial charge in [-0.05, 0) is 18.2 Å². The van der Waals surface area contributed by atoms with Crippen molar-refractivity contribution < 1.29 is 9.59 Å². The maximum atomic E-state index is 12.1. The van der Waals surface area contributed by atoms with Crippen LogP contribution < -0.4 is 4.90 Å². The summed E-state index contributed by atoms with van der Waals surface area (Å²) in [5.74, 6) is -0.688. The van der Waals surface area contributed by atoms with Crippen LogP contribution in [0.4, 0.5) is 5.69 Å². The third kappa shape index (κ3) is 1.32. The Bertz CT molecular complexity index is 575. The average molecular weight is 225 g/mol. The molecule has 0 unspecified atom stereocenters. The van der Waals surface area contributed by atoms with E-state index in [2.05, 4.69) is 9.97 Å². The van der Waals surface area contributed by atoms with Crippen LogP contribution >= 0.6 is 0 Å². The molecule has 82 valence electrons. The minimum Gasteiger partial charge on any atom is -0.268 e. The highest BCUT2D eigenvalue weighted by Crippen LogP contribution is 2.26. The molecule has 2 aromatic heterocycles. The number of amides is 2. The van der Waals surface area contributed by atoms with Crippen molar-refractivity contribution in [1.82, 2.24) is 9.97 Å². The standard InChI is InChI=1S/C12H7N3O2/c16-11-9-3-5-14-7-10(9)12(17)15(11)8-2-1-4-13-6-8/h1-7H. The fourth-order valence-electron chi connectivity index (χ4n) is 1.81. The van der Waals surface area contributed by atoms with Crippen molar-refractivity contribution in [1.29, 1.82) is 0 Å². The molecule has 5 heteroatoms.